The summed E-state index contributed by atoms with van der Waals surface area (Å²) in [6, 6.07) is 15.4. The van der Waals surface area contributed by atoms with Crippen LogP contribution in [0.4, 0.5) is 0 Å². The third-order valence-electron chi connectivity index (χ3n) is 3.27. The predicted octanol–water partition coefficient (Wildman–Crippen LogP) is 2.84. The summed E-state index contributed by atoms with van der Waals surface area (Å²) in [6.07, 6.45) is 3.16. The molecule has 5 heteroatoms. The van der Waals surface area contributed by atoms with Gasteiger partial charge in [-0.3, -0.25) is 9.59 Å². The molecule has 0 unspecified atom stereocenters. The molecular formula is C19H16N2O3. The van der Waals surface area contributed by atoms with Crippen molar-refractivity contribution in [3.8, 4) is 11.8 Å². The summed E-state index contributed by atoms with van der Waals surface area (Å²) in [5.74, 6) is 0.249. The summed E-state index contributed by atoms with van der Waals surface area (Å²) in [5.41, 5.74) is 1.91. The van der Waals surface area contributed by atoms with Gasteiger partial charge in [0.15, 0.2) is 12.4 Å². The van der Waals surface area contributed by atoms with Crippen LogP contribution >= 0.6 is 0 Å². The number of benzene rings is 2. The number of hydrogen-bond acceptors (Lipinski definition) is 4. The Bertz CT molecular complexity index is 785. The lowest BCUT2D eigenvalue weighted by atomic mass is 10.1. The third kappa shape index (κ3) is 4.55. The number of nitriles is 1. The summed E-state index contributed by atoms with van der Waals surface area (Å²) in [6.45, 7) is -0.0285. The minimum atomic E-state index is -0.152. The molecule has 0 saturated carbocycles. The van der Waals surface area contributed by atoms with Crippen LogP contribution in [-0.2, 0) is 0 Å². The molecule has 0 aliphatic rings. The van der Waals surface area contributed by atoms with Crippen LogP contribution in [0.5, 0.6) is 5.75 Å². The Balaban J connectivity index is 2.02. The lowest BCUT2D eigenvalue weighted by molar-refractivity contribution is 0.0962. The molecular weight excluding hydrogens is 304 g/mol. The average Bonchev–Trinajstić information content (AvgIpc) is 2.64. The van der Waals surface area contributed by atoms with Crippen molar-refractivity contribution in [1.82, 2.24) is 5.32 Å². The van der Waals surface area contributed by atoms with Crippen LogP contribution in [0, 0.1) is 11.3 Å². The maximum absolute atomic E-state index is 12.1. The van der Waals surface area contributed by atoms with Gasteiger partial charge in [0.2, 0.25) is 0 Å². The van der Waals surface area contributed by atoms with E-state index in [-0.39, 0.29) is 18.3 Å². The average molecular weight is 320 g/mol. The summed E-state index contributed by atoms with van der Waals surface area (Å²) < 4.78 is 5.14. The number of nitrogens with zero attached hydrogens (tertiary/aromatic N) is 1. The highest BCUT2D eigenvalue weighted by molar-refractivity contribution is 6.06. The molecule has 2 aromatic rings. The van der Waals surface area contributed by atoms with E-state index in [0.717, 1.165) is 5.56 Å². The Morgan fingerprint density at radius 2 is 1.71 bits per heavy atom. The van der Waals surface area contributed by atoms with Gasteiger partial charge in [-0.05, 0) is 48.0 Å². The minimum Gasteiger partial charge on any atom is -0.479 e. The van der Waals surface area contributed by atoms with Crippen LogP contribution in [0.3, 0.4) is 0 Å². The number of carbonyl (C=O) groups is 2. The van der Waals surface area contributed by atoms with E-state index < -0.39 is 0 Å². The molecule has 24 heavy (non-hydrogen) atoms. The highest BCUT2D eigenvalue weighted by Crippen LogP contribution is 2.13. The smallest absolute Gasteiger partial charge is 0.251 e. The number of hydrogen-bond donors (Lipinski definition) is 1. The Labute approximate surface area is 140 Å². The fourth-order valence-electron chi connectivity index (χ4n) is 1.99. The first kappa shape index (κ1) is 17.0. The van der Waals surface area contributed by atoms with Crippen molar-refractivity contribution in [1.29, 1.82) is 5.26 Å². The van der Waals surface area contributed by atoms with Crippen molar-refractivity contribution in [3.05, 3.63) is 71.3 Å². The Kier molecular flexibility index (Phi) is 5.87. The van der Waals surface area contributed by atoms with E-state index in [4.69, 9.17) is 10.00 Å². The molecule has 5 nitrogen and oxygen atoms in total. The van der Waals surface area contributed by atoms with Gasteiger partial charge in [0.1, 0.15) is 11.8 Å². The quantitative estimate of drug-likeness (QED) is 0.655. The van der Waals surface area contributed by atoms with E-state index in [9.17, 15) is 9.59 Å². The highest BCUT2D eigenvalue weighted by atomic mass is 16.5. The van der Waals surface area contributed by atoms with E-state index in [1.54, 1.807) is 61.7 Å². The lowest BCUT2D eigenvalue weighted by Gasteiger charge is -2.02. The lowest BCUT2D eigenvalue weighted by Crippen LogP contribution is -2.17. The van der Waals surface area contributed by atoms with Crippen LogP contribution in [0.25, 0.3) is 6.08 Å². The summed E-state index contributed by atoms with van der Waals surface area (Å²) in [5, 5.41) is 11.0. The van der Waals surface area contributed by atoms with E-state index in [1.807, 2.05) is 6.07 Å². The van der Waals surface area contributed by atoms with Gasteiger partial charge >= 0.3 is 0 Å². The van der Waals surface area contributed by atoms with Crippen molar-refractivity contribution in [2.24, 2.45) is 0 Å². The highest BCUT2D eigenvalue weighted by Gasteiger charge is 2.03. The summed E-state index contributed by atoms with van der Waals surface area (Å²) >= 11 is 0. The summed E-state index contributed by atoms with van der Waals surface area (Å²) in [4.78, 5) is 23.6. The molecule has 0 heterocycles. The van der Waals surface area contributed by atoms with Crippen molar-refractivity contribution < 1.29 is 14.3 Å². The molecule has 0 saturated heterocycles. The fraction of sp³-hybridized carbons (Fsp3) is 0.105. The number of carbonyl (C=O) groups excluding carboxylic acids is 2. The van der Waals surface area contributed by atoms with Gasteiger partial charge in [-0.2, -0.15) is 5.26 Å². The van der Waals surface area contributed by atoms with Crippen LogP contribution in [-0.4, -0.2) is 25.3 Å². The number of rotatable bonds is 6. The van der Waals surface area contributed by atoms with Crippen molar-refractivity contribution >= 4 is 17.8 Å². The second-order valence-corrected chi connectivity index (χ2v) is 4.87. The van der Waals surface area contributed by atoms with Crippen LogP contribution in [0.2, 0.25) is 0 Å². The molecule has 0 aliphatic carbocycles. The number of nitrogens with one attached hydrogen (secondary N) is 1. The number of allylic oxidation sites excluding steroid dienone is 1. The molecule has 0 fully saturated rings. The molecule has 120 valence electrons. The summed E-state index contributed by atoms with van der Waals surface area (Å²) in [7, 11) is 1.57. The van der Waals surface area contributed by atoms with Crippen molar-refractivity contribution in [3.63, 3.8) is 0 Å². The van der Waals surface area contributed by atoms with Gasteiger partial charge in [0, 0.05) is 18.2 Å². The number of ketones is 1. The van der Waals surface area contributed by atoms with E-state index in [2.05, 4.69) is 5.32 Å². The van der Waals surface area contributed by atoms with E-state index >= 15 is 0 Å². The molecule has 1 amide bonds. The predicted molar refractivity (Wildman–Crippen MR) is 90.7 cm³/mol. The van der Waals surface area contributed by atoms with Crippen LogP contribution < -0.4 is 10.1 Å². The monoisotopic (exact) mass is 320 g/mol. The van der Waals surface area contributed by atoms with Crippen molar-refractivity contribution in [2.75, 3.05) is 13.7 Å². The molecule has 0 aromatic heterocycles. The maximum atomic E-state index is 12.1. The molecule has 0 spiro atoms. The standard InChI is InChI=1S/C19H16N2O3/c1-21-19(23)16-5-2-14(3-6-16)4-11-18(22)15-7-9-17(10-8-15)24-13-12-20/h2-11H,13H2,1H3,(H,21,23)/b11-4+. The van der Waals surface area contributed by atoms with Gasteiger partial charge in [-0.15, -0.1) is 0 Å². The fourth-order valence-corrected chi connectivity index (χ4v) is 1.99. The van der Waals surface area contributed by atoms with Gasteiger partial charge < -0.3 is 10.1 Å². The van der Waals surface area contributed by atoms with Gasteiger partial charge in [0.05, 0.1) is 0 Å². The second kappa shape index (κ2) is 8.30. The molecule has 0 aliphatic heterocycles. The van der Waals surface area contributed by atoms with Crippen LogP contribution in [0.1, 0.15) is 26.3 Å². The zero-order valence-electron chi connectivity index (χ0n) is 13.2. The molecule has 1 N–H and O–H groups in total. The Hall–Kier alpha value is -3.39. The SMILES string of the molecule is CNC(=O)c1ccc(/C=C/C(=O)c2ccc(OCC#N)cc2)cc1. The first-order valence-corrected chi connectivity index (χ1v) is 7.28. The molecule has 2 aromatic carbocycles. The zero-order chi connectivity index (χ0) is 17.4. The van der Waals surface area contributed by atoms with E-state index in [0.29, 0.717) is 16.9 Å². The minimum absolute atomic E-state index is 0.0285. The number of ether oxygens (including phenoxy) is 1. The second-order valence-electron chi connectivity index (χ2n) is 4.87. The van der Waals surface area contributed by atoms with Gasteiger partial charge in [0.25, 0.3) is 5.91 Å². The topological polar surface area (TPSA) is 79.2 Å². The molecule has 0 atom stereocenters. The molecule has 0 bridgehead atoms. The third-order valence-corrected chi connectivity index (χ3v) is 3.27. The van der Waals surface area contributed by atoms with Gasteiger partial charge in [-0.25, -0.2) is 0 Å². The molecule has 0 radical (unpaired) electrons. The largest absolute Gasteiger partial charge is 0.479 e. The molecule has 2 rings (SSSR count). The number of amides is 1. The zero-order valence-corrected chi connectivity index (χ0v) is 13.2. The first-order chi connectivity index (χ1) is 11.6. The van der Waals surface area contributed by atoms with E-state index in [1.165, 1.54) is 6.08 Å². The first-order valence-electron chi connectivity index (χ1n) is 7.28. The maximum Gasteiger partial charge on any atom is 0.251 e. The Morgan fingerprint density at radius 1 is 1.08 bits per heavy atom. The Morgan fingerprint density at radius 3 is 2.29 bits per heavy atom. The normalized spacial score (nSPS) is 10.2. The van der Waals surface area contributed by atoms with Crippen LogP contribution in [0.15, 0.2) is 54.6 Å². The van der Waals surface area contributed by atoms with Gasteiger partial charge in [-0.1, -0.05) is 18.2 Å². The van der Waals surface area contributed by atoms with Crippen molar-refractivity contribution in [2.45, 2.75) is 0 Å².